The van der Waals surface area contributed by atoms with Crippen molar-refractivity contribution in [3.63, 3.8) is 0 Å². The zero-order chi connectivity index (χ0) is 12.0. The maximum absolute atomic E-state index is 5.41. The van der Waals surface area contributed by atoms with Crippen LogP contribution in [0, 0.1) is 11.3 Å². The van der Waals surface area contributed by atoms with Crippen molar-refractivity contribution in [1.29, 1.82) is 0 Å². The largest absolute Gasteiger partial charge is 0.383 e. The molecule has 0 radical (unpaired) electrons. The van der Waals surface area contributed by atoms with Crippen LogP contribution in [0.25, 0.3) is 0 Å². The minimum atomic E-state index is 0.500. The Labute approximate surface area is 101 Å². The molecule has 1 aliphatic rings. The zero-order valence-electron chi connectivity index (χ0n) is 11.5. The summed E-state index contributed by atoms with van der Waals surface area (Å²) in [6.45, 7) is 8.79. The number of nitrogens with one attached hydrogen (secondary N) is 1. The van der Waals surface area contributed by atoms with Gasteiger partial charge in [-0.1, -0.05) is 33.6 Å². The van der Waals surface area contributed by atoms with Gasteiger partial charge in [0, 0.05) is 13.2 Å². The van der Waals surface area contributed by atoms with Gasteiger partial charge in [-0.3, -0.25) is 0 Å². The van der Waals surface area contributed by atoms with E-state index < -0.39 is 0 Å². The molecule has 2 nitrogen and oxygen atoms in total. The molecule has 0 amide bonds. The second-order valence-corrected chi connectivity index (χ2v) is 5.73. The van der Waals surface area contributed by atoms with E-state index in [0.717, 1.165) is 19.1 Å². The first-order valence-corrected chi connectivity index (χ1v) is 6.87. The Morgan fingerprint density at radius 1 is 1.25 bits per heavy atom. The highest BCUT2D eigenvalue weighted by Crippen LogP contribution is 2.45. The third kappa shape index (κ3) is 3.46. The summed E-state index contributed by atoms with van der Waals surface area (Å²) in [5.41, 5.74) is 0.500. The summed E-state index contributed by atoms with van der Waals surface area (Å²) in [6.07, 6.45) is 6.91. The molecule has 96 valence electrons. The molecule has 0 saturated heterocycles. The van der Waals surface area contributed by atoms with Crippen molar-refractivity contribution in [2.45, 2.75) is 58.9 Å². The van der Waals surface area contributed by atoms with E-state index in [1.54, 1.807) is 0 Å². The number of ether oxygens (including phenoxy) is 1. The molecule has 0 aromatic heterocycles. The summed E-state index contributed by atoms with van der Waals surface area (Å²) >= 11 is 0. The van der Waals surface area contributed by atoms with Gasteiger partial charge in [-0.25, -0.2) is 0 Å². The number of rotatable bonds is 7. The van der Waals surface area contributed by atoms with Gasteiger partial charge in [0.1, 0.15) is 0 Å². The Morgan fingerprint density at radius 3 is 2.31 bits per heavy atom. The van der Waals surface area contributed by atoms with Crippen LogP contribution in [0.5, 0.6) is 0 Å². The summed E-state index contributed by atoms with van der Waals surface area (Å²) in [6, 6.07) is 0.549. The van der Waals surface area contributed by atoms with E-state index in [1.807, 2.05) is 7.11 Å². The van der Waals surface area contributed by atoms with Crippen molar-refractivity contribution in [3.05, 3.63) is 0 Å². The van der Waals surface area contributed by atoms with E-state index >= 15 is 0 Å². The standard InChI is InChI=1S/C14H29NO/c1-5-15-13(11-16-4)14(10-12(2)3)8-6-7-9-14/h12-13,15H,5-11H2,1-4H3. The average molecular weight is 227 g/mol. The van der Waals surface area contributed by atoms with Crippen molar-refractivity contribution in [2.24, 2.45) is 11.3 Å². The molecule has 1 unspecified atom stereocenters. The maximum Gasteiger partial charge on any atom is 0.0621 e. The normalized spacial score (nSPS) is 21.6. The molecule has 0 bridgehead atoms. The van der Waals surface area contributed by atoms with Gasteiger partial charge in [-0.15, -0.1) is 0 Å². The molecule has 0 aromatic rings. The lowest BCUT2D eigenvalue weighted by Crippen LogP contribution is -2.47. The number of likely N-dealkylation sites (N-methyl/N-ethyl adjacent to an activating group) is 1. The summed E-state index contributed by atoms with van der Waals surface area (Å²) in [5, 5.41) is 3.65. The summed E-state index contributed by atoms with van der Waals surface area (Å²) < 4.78 is 5.41. The van der Waals surface area contributed by atoms with Gasteiger partial charge in [0.25, 0.3) is 0 Å². The van der Waals surface area contributed by atoms with E-state index in [2.05, 4.69) is 26.1 Å². The number of hydrogen-bond donors (Lipinski definition) is 1. The fourth-order valence-electron chi connectivity index (χ4n) is 3.45. The highest BCUT2D eigenvalue weighted by atomic mass is 16.5. The van der Waals surface area contributed by atoms with Gasteiger partial charge >= 0.3 is 0 Å². The summed E-state index contributed by atoms with van der Waals surface area (Å²) in [7, 11) is 1.82. The number of methoxy groups -OCH3 is 1. The predicted molar refractivity (Wildman–Crippen MR) is 69.7 cm³/mol. The quantitative estimate of drug-likeness (QED) is 0.721. The lowest BCUT2D eigenvalue weighted by atomic mass is 9.72. The molecule has 1 saturated carbocycles. The van der Waals surface area contributed by atoms with Gasteiger partial charge < -0.3 is 10.1 Å². The van der Waals surface area contributed by atoms with Gasteiger partial charge in [0.05, 0.1) is 6.61 Å². The predicted octanol–water partition coefficient (Wildman–Crippen LogP) is 3.22. The van der Waals surface area contributed by atoms with Gasteiger partial charge in [0.2, 0.25) is 0 Å². The van der Waals surface area contributed by atoms with E-state index in [9.17, 15) is 0 Å². The lowest BCUT2D eigenvalue weighted by Gasteiger charge is -2.39. The van der Waals surface area contributed by atoms with E-state index in [4.69, 9.17) is 4.74 Å². The second-order valence-electron chi connectivity index (χ2n) is 5.73. The van der Waals surface area contributed by atoms with Crippen LogP contribution in [0.1, 0.15) is 52.9 Å². The van der Waals surface area contributed by atoms with Crippen LogP contribution in [0.4, 0.5) is 0 Å². The highest BCUT2D eigenvalue weighted by Gasteiger charge is 2.40. The topological polar surface area (TPSA) is 21.3 Å². The maximum atomic E-state index is 5.41. The van der Waals surface area contributed by atoms with Crippen LogP contribution >= 0.6 is 0 Å². The van der Waals surface area contributed by atoms with Crippen LogP contribution in [0.15, 0.2) is 0 Å². The zero-order valence-corrected chi connectivity index (χ0v) is 11.5. The van der Waals surface area contributed by atoms with Crippen LogP contribution < -0.4 is 5.32 Å². The Balaban J connectivity index is 2.71. The first kappa shape index (κ1) is 14.0. The van der Waals surface area contributed by atoms with Gasteiger partial charge in [-0.2, -0.15) is 0 Å². The van der Waals surface area contributed by atoms with Crippen LogP contribution in [0.2, 0.25) is 0 Å². The van der Waals surface area contributed by atoms with Crippen molar-refractivity contribution in [2.75, 3.05) is 20.3 Å². The Hall–Kier alpha value is -0.0800. The second kappa shape index (κ2) is 6.61. The SMILES string of the molecule is CCNC(COC)C1(CC(C)C)CCCC1. The molecule has 0 aromatic carbocycles. The molecular formula is C14H29NO. The molecule has 0 spiro atoms. The molecule has 1 rings (SSSR count). The fourth-order valence-corrected chi connectivity index (χ4v) is 3.45. The number of hydrogen-bond acceptors (Lipinski definition) is 2. The molecule has 1 fully saturated rings. The monoisotopic (exact) mass is 227 g/mol. The Kier molecular flexibility index (Phi) is 5.77. The Bertz CT molecular complexity index is 179. The van der Waals surface area contributed by atoms with E-state index in [-0.39, 0.29) is 0 Å². The molecule has 2 heteroatoms. The first-order valence-electron chi connectivity index (χ1n) is 6.87. The lowest BCUT2D eigenvalue weighted by molar-refractivity contribution is 0.0740. The van der Waals surface area contributed by atoms with Crippen LogP contribution in [0.3, 0.4) is 0 Å². The average Bonchev–Trinajstić information content (AvgIpc) is 2.66. The fraction of sp³-hybridized carbons (Fsp3) is 1.00. The molecule has 1 aliphatic carbocycles. The molecule has 0 aliphatic heterocycles. The smallest absolute Gasteiger partial charge is 0.0621 e. The molecule has 0 heterocycles. The minimum absolute atomic E-state index is 0.500. The molecule has 16 heavy (non-hydrogen) atoms. The van der Waals surface area contributed by atoms with Crippen molar-refractivity contribution < 1.29 is 4.74 Å². The van der Waals surface area contributed by atoms with Gasteiger partial charge in [0.15, 0.2) is 0 Å². The molecule has 1 atom stereocenters. The van der Waals surface area contributed by atoms with Crippen molar-refractivity contribution in [3.8, 4) is 0 Å². The molecule has 1 N–H and O–H groups in total. The van der Waals surface area contributed by atoms with Crippen molar-refractivity contribution >= 4 is 0 Å². The summed E-state index contributed by atoms with van der Waals surface area (Å²) in [4.78, 5) is 0. The third-order valence-corrected chi connectivity index (χ3v) is 3.94. The van der Waals surface area contributed by atoms with Crippen LogP contribution in [-0.2, 0) is 4.74 Å². The van der Waals surface area contributed by atoms with Crippen molar-refractivity contribution in [1.82, 2.24) is 5.32 Å². The van der Waals surface area contributed by atoms with E-state index in [0.29, 0.717) is 11.5 Å². The minimum Gasteiger partial charge on any atom is -0.383 e. The molecular weight excluding hydrogens is 198 g/mol. The van der Waals surface area contributed by atoms with Gasteiger partial charge in [-0.05, 0) is 37.1 Å². The Morgan fingerprint density at radius 2 is 1.88 bits per heavy atom. The third-order valence-electron chi connectivity index (χ3n) is 3.94. The van der Waals surface area contributed by atoms with Crippen LogP contribution in [-0.4, -0.2) is 26.3 Å². The highest BCUT2D eigenvalue weighted by molar-refractivity contribution is 4.95. The first-order chi connectivity index (χ1) is 7.64. The summed E-state index contributed by atoms with van der Waals surface area (Å²) in [5.74, 6) is 0.788. The van der Waals surface area contributed by atoms with E-state index in [1.165, 1.54) is 32.1 Å².